The Labute approximate surface area is 132 Å². The van der Waals surface area contributed by atoms with Gasteiger partial charge in [0.05, 0.1) is 5.69 Å². The molecule has 0 aliphatic carbocycles. The molecule has 1 aromatic heterocycles. The second kappa shape index (κ2) is 6.94. The zero-order valence-corrected chi connectivity index (χ0v) is 13.9. The van der Waals surface area contributed by atoms with Crippen molar-refractivity contribution in [1.29, 1.82) is 0 Å². The van der Waals surface area contributed by atoms with Crippen LogP contribution in [-0.4, -0.2) is 41.0 Å². The number of anilines is 1. The smallest absolute Gasteiger partial charge is 0.407 e. The van der Waals surface area contributed by atoms with Crippen LogP contribution < -0.4 is 10.2 Å². The third-order valence-corrected chi connectivity index (χ3v) is 3.59. The molecule has 2 heterocycles. The molecular weight excluding hydrogens is 280 g/mol. The number of hydrogen-bond acceptors (Lipinski definition) is 5. The summed E-state index contributed by atoms with van der Waals surface area (Å²) in [4.78, 5) is 14.0. The number of carbonyl (C=O) groups is 1. The molecule has 22 heavy (non-hydrogen) atoms. The number of rotatable bonds is 3. The van der Waals surface area contributed by atoms with Gasteiger partial charge in [0.15, 0.2) is 5.82 Å². The second-order valence-corrected chi connectivity index (χ2v) is 6.76. The highest BCUT2D eigenvalue weighted by Crippen LogP contribution is 2.22. The minimum Gasteiger partial charge on any atom is -0.444 e. The zero-order valence-electron chi connectivity index (χ0n) is 13.9. The van der Waals surface area contributed by atoms with Crippen LogP contribution in [0, 0.1) is 6.92 Å². The molecule has 6 heteroatoms. The van der Waals surface area contributed by atoms with E-state index in [1.54, 1.807) is 0 Å². The van der Waals surface area contributed by atoms with E-state index in [1.165, 1.54) is 0 Å². The number of piperidine rings is 1. The monoisotopic (exact) mass is 306 g/mol. The van der Waals surface area contributed by atoms with Crippen molar-refractivity contribution in [2.45, 2.75) is 58.6 Å². The number of alkyl carbamates (subject to hydrolysis) is 1. The Bertz CT molecular complexity index is 496. The normalized spacial score (nSPS) is 18.9. The summed E-state index contributed by atoms with van der Waals surface area (Å²) in [5.41, 5.74) is 0.433. The van der Waals surface area contributed by atoms with Crippen molar-refractivity contribution in [3.63, 3.8) is 0 Å². The number of hydrogen-bond donors (Lipinski definition) is 1. The van der Waals surface area contributed by atoms with Gasteiger partial charge < -0.3 is 15.0 Å². The molecule has 0 bridgehead atoms. The first kappa shape index (κ1) is 16.5. The Morgan fingerprint density at radius 1 is 1.36 bits per heavy atom. The predicted molar refractivity (Wildman–Crippen MR) is 86.0 cm³/mol. The molecule has 6 nitrogen and oxygen atoms in total. The van der Waals surface area contributed by atoms with E-state index in [9.17, 15) is 4.79 Å². The van der Waals surface area contributed by atoms with Gasteiger partial charge in [0.25, 0.3) is 0 Å². The molecule has 0 unspecified atom stereocenters. The van der Waals surface area contributed by atoms with E-state index >= 15 is 0 Å². The maximum absolute atomic E-state index is 11.8. The van der Waals surface area contributed by atoms with E-state index < -0.39 is 5.60 Å². The molecule has 1 amide bonds. The third kappa shape index (κ3) is 4.86. The number of ether oxygens (including phenoxy) is 1. The van der Waals surface area contributed by atoms with E-state index in [0.29, 0.717) is 6.54 Å². The Hall–Kier alpha value is -1.85. The number of nitrogens with zero attached hydrogens (tertiary/aromatic N) is 3. The van der Waals surface area contributed by atoms with Gasteiger partial charge in [-0.2, -0.15) is 5.10 Å². The predicted octanol–water partition coefficient (Wildman–Crippen LogP) is 2.67. The highest BCUT2D eigenvalue weighted by Gasteiger charge is 2.25. The highest BCUT2D eigenvalue weighted by atomic mass is 16.6. The fraction of sp³-hybridized carbons (Fsp3) is 0.688. The van der Waals surface area contributed by atoms with Gasteiger partial charge in [-0.05, 0) is 59.1 Å². The van der Waals surface area contributed by atoms with Crippen molar-refractivity contribution < 1.29 is 9.53 Å². The lowest BCUT2D eigenvalue weighted by Gasteiger charge is -2.36. The summed E-state index contributed by atoms with van der Waals surface area (Å²) in [7, 11) is 0. The molecule has 1 N–H and O–H groups in total. The SMILES string of the molecule is Cc1ccc(N2CCCC[C@@H]2CNC(=O)OC(C)(C)C)nn1. The van der Waals surface area contributed by atoms with Crippen LogP contribution in [0.3, 0.4) is 0 Å². The van der Waals surface area contributed by atoms with Crippen LogP contribution >= 0.6 is 0 Å². The summed E-state index contributed by atoms with van der Waals surface area (Å²) in [6, 6.07) is 4.20. The molecule has 0 saturated carbocycles. The average molecular weight is 306 g/mol. The zero-order chi connectivity index (χ0) is 16.2. The average Bonchev–Trinajstić information content (AvgIpc) is 2.45. The topological polar surface area (TPSA) is 67.4 Å². The van der Waals surface area contributed by atoms with Crippen molar-refractivity contribution >= 4 is 11.9 Å². The van der Waals surface area contributed by atoms with Gasteiger partial charge in [-0.25, -0.2) is 4.79 Å². The van der Waals surface area contributed by atoms with Crippen LogP contribution in [0.5, 0.6) is 0 Å². The Morgan fingerprint density at radius 2 is 2.14 bits per heavy atom. The van der Waals surface area contributed by atoms with E-state index in [0.717, 1.165) is 37.3 Å². The Morgan fingerprint density at radius 3 is 2.77 bits per heavy atom. The standard InChI is InChI=1S/C16H26N4O2/c1-12-8-9-14(19-18-12)20-10-6-5-7-13(20)11-17-15(21)22-16(2,3)4/h8-9,13H,5-7,10-11H2,1-4H3,(H,17,21)/t13-/m1/s1. The molecule has 1 saturated heterocycles. The largest absolute Gasteiger partial charge is 0.444 e. The van der Waals surface area contributed by atoms with Crippen LogP contribution in [0.25, 0.3) is 0 Å². The van der Waals surface area contributed by atoms with E-state index in [4.69, 9.17) is 4.74 Å². The fourth-order valence-electron chi connectivity index (χ4n) is 2.57. The van der Waals surface area contributed by atoms with Crippen molar-refractivity contribution in [1.82, 2.24) is 15.5 Å². The van der Waals surface area contributed by atoms with Gasteiger partial charge in [0, 0.05) is 19.1 Å². The molecule has 2 rings (SSSR count). The molecule has 0 radical (unpaired) electrons. The van der Waals surface area contributed by atoms with E-state index in [-0.39, 0.29) is 12.1 Å². The summed E-state index contributed by atoms with van der Waals surface area (Å²) in [5, 5.41) is 11.3. The van der Waals surface area contributed by atoms with Crippen LogP contribution in [-0.2, 0) is 4.74 Å². The maximum Gasteiger partial charge on any atom is 0.407 e. The van der Waals surface area contributed by atoms with Gasteiger partial charge in [0.2, 0.25) is 0 Å². The summed E-state index contributed by atoms with van der Waals surface area (Å²) in [6.45, 7) is 9.02. The van der Waals surface area contributed by atoms with Gasteiger partial charge in [-0.3, -0.25) is 0 Å². The van der Waals surface area contributed by atoms with Crippen LogP contribution in [0.4, 0.5) is 10.6 Å². The van der Waals surface area contributed by atoms with Crippen molar-refractivity contribution in [3.05, 3.63) is 17.8 Å². The van der Waals surface area contributed by atoms with Gasteiger partial charge in [0.1, 0.15) is 5.60 Å². The minimum atomic E-state index is -0.473. The maximum atomic E-state index is 11.8. The fourth-order valence-corrected chi connectivity index (χ4v) is 2.57. The number of carbonyl (C=O) groups excluding carboxylic acids is 1. The van der Waals surface area contributed by atoms with E-state index in [1.807, 2.05) is 39.8 Å². The summed E-state index contributed by atoms with van der Waals surface area (Å²) >= 11 is 0. The molecule has 0 spiro atoms. The van der Waals surface area contributed by atoms with Gasteiger partial charge in [-0.1, -0.05) is 0 Å². The number of aryl methyl sites for hydroxylation is 1. The molecule has 1 aliphatic rings. The second-order valence-electron chi connectivity index (χ2n) is 6.76. The van der Waals surface area contributed by atoms with Crippen LogP contribution in [0.2, 0.25) is 0 Å². The minimum absolute atomic E-state index is 0.235. The molecule has 0 aromatic carbocycles. The lowest BCUT2D eigenvalue weighted by molar-refractivity contribution is 0.0523. The lowest BCUT2D eigenvalue weighted by Crippen LogP contribution is -2.48. The van der Waals surface area contributed by atoms with Crippen molar-refractivity contribution in [2.24, 2.45) is 0 Å². The Balaban J connectivity index is 1.95. The molecule has 1 aliphatic heterocycles. The first-order chi connectivity index (χ1) is 10.3. The highest BCUT2D eigenvalue weighted by molar-refractivity contribution is 5.67. The number of aromatic nitrogens is 2. The number of amides is 1. The molecule has 1 aromatic rings. The van der Waals surface area contributed by atoms with Crippen LogP contribution in [0.15, 0.2) is 12.1 Å². The quantitative estimate of drug-likeness (QED) is 0.930. The van der Waals surface area contributed by atoms with Gasteiger partial charge in [-0.15, -0.1) is 5.10 Å². The molecule has 1 fully saturated rings. The third-order valence-electron chi connectivity index (χ3n) is 3.59. The summed E-state index contributed by atoms with van der Waals surface area (Å²) < 4.78 is 5.29. The van der Waals surface area contributed by atoms with E-state index in [2.05, 4.69) is 20.4 Å². The first-order valence-corrected chi connectivity index (χ1v) is 7.89. The molecular formula is C16H26N4O2. The van der Waals surface area contributed by atoms with Crippen LogP contribution in [0.1, 0.15) is 45.7 Å². The summed E-state index contributed by atoms with van der Waals surface area (Å²) in [6.07, 6.45) is 2.97. The molecule has 1 atom stereocenters. The lowest BCUT2D eigenvalue weighted by atomic mass is 10.0. The first-order valence-electron chi connectivity index (χ1n) is 7.89. The summed E-state index contributed by atoms with van der Waals surface area (Å²) in [5.74, 6) is 0.876. The number of nitrogens with one attached hydrogen (secondary N) is 1. The van der Waals surface area contributed by atoms with Gasteiger partial charge >= 0.3 is 6.09 Å². The van der Waals surface area contributed by atoms with Crippen molar-refractivity contribution in [3.8, 4) is 0 Å². The molecule has 122 valence electrons. The van der Waals surface area contributed by atoms with Crippen molar-refractivity contribution in [2.75, 3.05) is 18.0 Å². The Kier molecular flexibility index (Phi) is 5.21.